The van der Waals surface area contributed by atoms with Crippen LogP contribution in [0.4, 0.5) is 0 Å². The third-order valence-corrected chi connectivity index (χ3v) is 5.60. The van der Waals surface area contributed by atoms with Gasteiger partial charge in [-0.2, -0.15) is 0 Å². The van der Waals surface area contributed by atoms with Crippen LogP contribution in [0.5, 0.6) is 0 Å². The van der Waals surface area contributed by atoms with Crippen molar-refractivity contribution in [3.63, 3.8) is 0 Å². The SMILES string of the molecule is C=CC(C(/C=C/O)O/C=C/[C@H](C)O)C1(/C=C/C)OC(=O)c2cc(C(=O)N(C)CCCN)ccc21. The quantitative estimate of drug-likeness (QED) is 0.244. The highest BCUT2D eigenvalue weighted by Gasteiger charge is 2.51. The van der Waals surface area contributed by atoms with Crippen LogP contribution in [-0.4, -0.2) is 59.3 Å². The molecule has 0 bridgehead atoms. The second-order valence-corrected chi connectivity index (χ2v) is 8.08. The van der Waals surface area contributed by atoms with Crippen molar-refractivity contribution >= 4 is 11.9 Å². The Bertz CT molecular complexity index is 968. The molecule has 0 radical (unpaired) electrons. The summed E-state index contributed by atoms with van der Waals surface area (Å²) >= 11 is 0. The second-order valence-electron chi connectivity index (χ2n) is 8.08. The minimum atomic E-state index is -1.28. The summed E-state index contributed by atoms with van der Waals surface area (Å²) in [5.41, 5.74) is 5.45. The molecule has 34 heavy (non-hydrogen) atoms. The van der Waals surface area contributed by atoms with E-state index < -0.39 is 29.7 Å². The molecule has 4 N–H and O–H groups in total. The summed E-state index contributed by atoms with van der Waals surface area (Å²) in [6.45, 7) is 8.26. The first-order valence-corrected chi connectivity index (χ1v) is 11.2. The van der Waals surface area contributed by atoms with Gasteiger partial charge in [0.15, 0.2) is 5.60 Å². The minimum Gasteiger partial charge on any atom is -0.516 e. The van der Waals surface area contributed by atoms with Crippen LogP contribution >= 0.6 is 0 Å². The van der Waals surface area contributed by atoms with Crippen LogP contribution in [-0.2, 0) is 15.1 Å². The number of nitrogens with zero attached hydrogens (tertiary/aromatic N) is 1. The molecule has 1 aliphatic rings. The van der Waals surface area contributed by atoms with Crippen molar-refractivity contribution in [1.29, 1.82) is 0 Å². The van der Waals surface area contributed by atoms with Gasteiger partial charge in [0, 0.05) is 24.7 Å². The number of hydrogen-bond donors (Lipinski definition) is 3. The number of cyclic esters (lactones) is 1. The Labute approximate surface area is 200 Å². The molecule has 0 saturated carbocycles. The Morgan fingerprint density at radius 3 is 2.71 bits per heavy atom. The first-order valence-electron chi connectivity index (χ1n) is 11.2. The molecular formula is C26H34N2O6. The average Bonchev–Trinajstić information content (AvgIpc) is 3.08. The molecule has 2 rings (SSSR count). The standard InChI is InChI=1S/C26H34N2O6/c1-5-12-26(21(6-2)23(10-15-29)33-16-11-18(3)30)22-9-8-19(17-20(22)25(32)34-26)24(31)28(4)14-7-13-27/h5-6,8-12,15-18,21,23,29-30H,2,7,13-14,27H2,1,3-4H3/b12-5+,15-10+,16-11+/t18-,21?,23?,26?/m0/s1. The molecule has 0 saturated heterocycles. The van der Waals surface area contributed by atoms with Crippen molar-refractivity contribution in [3.05, 3.63) is 84.4 Å². The van der Waals surface area contributed by atoms with Crippen LogP contribution in [0, 0.1) is 5.92 Å². The lowest BCUT2D eigenvalue weighted by atomic mass is 9.77. The van der Waals surface area contributed by atoms with Crippen molar-refractivity contribution in [2.45, 2.75) is 38.1 Å². The fraction of sp³-hybridized carbons (Fsp3) is 0.385. The summed E-state index contributed by atoms with van der Waals surface area (Å²) in [7, 11) is 1.69. The summed E-state index contributed by atoms with van der Waals surface area (Å²) in [6, 6.07) is 4.90. The summed E-state index contributed by atoms with van der Waals surface area (Å²) in [6.07, 6.45) is 9.25. The molecule has 0 spiro atoms. The number of esters is 1. The van der Waals surface area contributed by atoms with Crippen molar-refractivity contribution in [2.75, 3.05) is 20.1 Å². The van der Waals surface area contributed by atoms with Crippen molar-refractivity contribution in [2.24, 2.45) is 11.7 Å². The molecule has 4 atom stereocenters. The number of aliphatic hydroxyl groups excluding tert-OH is 2. The zero-order valence-corrected chi connectivity index (χ0v) is 19.9. The maximum Gasteiger partial charge on any atom is 0.339 e. The number of hydrogen-bond acceptors (Lipinski definition) is 7. The van der Waals surface area contributed by atoms with Crippen LogP contribution in [0.25, 0.3) is 0 Å². The smallest absolute Gasteiger partial charge is 0.339 e. The number of benzene rings is 1. The molecule has 8 heteroatoms. The van der Waals surface area contributed by atoms with E-state index in [0.29, 0.717) is 30.6 Å². The van der Waals surface area contributed by atoms with E-state index in [2.05, 4.69) is 6.58 Å². The normalized spacial score (nSPS) is 20.3. The van der Waals surface area contributed by atoms with Gasteiger partial charge in [0.05, 0.1) is 30.1 Å². The molecule has 0 fully saturated rings. The summed E-state index contributed by atoms with van der Waals surface area (Å²) < 4.78 is 11.7. The van der Waals surface area contributed by atoms with E-state index in [1.807, 2.05) is 0 Å². The second kappa shape index (κ2) is 12.2. The predicted molar refractivity (Wildman–Crippen MR) is 130 cm³/mol. The van der Waals surface area contributed by atoms with Gasteiger partial charge in [0.1, 0.15) is 6.10 Å². The number of nitrogens with two attached hydrogens (primary N) is 1. The van der Waals surface area contributed by atoms with Gasteiger partial charge >= 0.3 is 5.97 Å². The van der Waals surface area contributed by atoms with E-state index in [1.54, 1.807) is 56.2 Å². The zero-order valence-electron chi connectivity index (χ0n) is 19.9. The maximum absolute atomic E-state index is 13.0. The van der Waals surface area contributed by atoms with Crippen molar-refractivity contribution < 1.29 is 29.3 Å². The Balaban J connectivity index is 2.53. The Morgan fingerprint density at radius 2 is 2.12 bits per heavy atom. The van der Waals surface area contributed by atoms with Gasteiger partial charge in [0.2, 0.25) is 0 Å². The lowest BCUT2D eigenvalue weighted by Gasteiger charge is -2.36. The molecule has 3 unspecified atom stereocenters. The Kier molecular flexibility index (Phi) is 9.65. The Morgan fingerprint density at radius 1 is 1.38 bits per heavy atom. The molecule has 1 aromatic carbocycles. The Hall–Kier alpha value is -3.36. The lowest BCUT2D eigenvalue weighted by Crippen LogP contribution is -2.40. The van der Waals surface area contributed by atoms with E-state index in [0.717, 1.165) is 6.26 Å². The van der Waals surface area contributed by atoms with E-state index >= 15 is 0 Å². The molecule has 8 nitrogen and oxygen atoms in total. The number of rotatable bonds is 12. The maximum atomic E-state index is 13.0. The first kappa shape index (κ1) is 26.9. The predicted octanol–water partition coefficient (Wildman–Crippen LogP) is 3.20. The molecule has 1 amide bonds. The highest BCUT2D eigenvalue weighted by Crippen LogP contribution is 2.46. The number of allylic oxidation sites excluding steroid dienone is 1. The van der Waals surface area contributed by atoms with Crippen LogP contribution in [0.3, 0.4) is 0 Å². The minimum absolute atomic E-state index is 0.222. The molecule has 1 aromatic rings. The van der Waals surface area contributed by atoms with Crippen LogP contribution in [0.1, 0.15) is 46.5 Å². The largest absolute Gasteiger partial charge is 0.516 e. The summed E-state index contributed by atoms with van der Waals surface area (Å²) in [5.74, 6) is -1.45. The molecule has 1 aliphatic heterocycles. The van der Waals surface area contributed by atoms with Crippen molar-refractivity contribution in [1.82, 2.24) is 4.90 Å². The van der Waals surface area contributed by atoms with Gasteiger partial charge in [0.25, 0.3) is 5.91 Å². The van der Waals surface area contributed by atoms with Crippen LogP contribution < -0.4 is 5.73 Å². The summed E-state index contributed by atoms with van der Waals surface area (Å²) in [4.78, 5) is 27.4. The van der Waals surface area contributed by atoms with Gasteiger partial charge in [-0.15, -0.1) is 6.58 Å². The number of carbonyl (C=O) groups is 2. The lowest BCUT2D eigenvalue weighted by molar-refractivity contribution is -0.0295. The molecular weight excluding hydrogens is 436 g/mol. The number of fused-ring (bicyclic) bond motifs is 1. The average molecular weight is 471 g/mol. The number of amides is 1. The van der Waals surface area contributed by atoms with Gasteiger partial charge in [-0.05, 0) is 57.2 Å². The van der Waals surface area contributed by atoms with Gasteiger partial charge in [-0.25, -0.2) is 4.79 Å². The van der Waals surface area contributed by atoms with Crippen LogP contribution in [0.15, 0.2) is 67.7 Å². The monoisotopic (exact) mass is 470 g/mol. The highest BCUT2D eigenvalue weighted by atomic mass is 16.6. The van der Waals surface area contributed by atoms with Crippen LogP contribution in [0.2, 0.25) is 0 Å². The number of ether oxygens (including phenoxy) is 2. The third-order valence-electron chi connectivity index (χ3n) is 5.60. The number of aliphatic hydroxyl groups is 2. The zero-order chi connectivity index (χ0) is 25.3. The fourth-order valence-electron chi connectivity index (χ4n) is 3.97. The first-order chi connectivity index (χ1) is 16.2. The highest BCUT2D eigenvalue weighted by molar-refractivity contribution is 6.00. The van der Waals surface area contributed by atoms with Crippen molar-refractivity contribution in [3.8, 4) is 0 Å². The van der Waals surface area contributed by atoms with E-state index in [9.17, 15) is 19.8 Å². The molecule has 0 aliphatic carbocycles. The van der Waals surface area contributed by atoms with Gasteiger partial charge in [-0.1, -0.05) is 18.2 Å². The van der Waals surface area contributed by atoms with Gasteiger partial charge < -0.3 is 30.3 Å². The third kappa shape index (κ3) is 5.76. The van der Waals surface area contributed by atoms with E-state index in [-0.39, 0.29) is 11.5 Å². The topological polar surface area (TPSA) is 122 Å². The number of carbonyl (C=O) groups excluding carboxylic acids is 2. The summed E-state index contributed by atoms with van der Waals surface area (Å²) in [5, 5.41) is 18.9. The molecule has 1 heterocycles. The van der Waals surface area contributed by atoms with E-state index in [1.165, 1.54) is 24.5 Å². The molecule has 184 valence electrons. The fourth-order valence-corrected chi connectivity index (χ4v) is 3.97. The van der Waals surface area contributed by atoms with E-state index in [4.69, 9.17) is 15.2 Å². The molecule has 0 aromatic heterocycles. The van der Waals surface area contributed by atoms with Gasteiger partial charge in [-0.3, -0.25) is 4.79 Å².